The van der Waals surface area contributed by atoms with Crippen molar-refractivity contribution in [2.24, 2.45) is 0 Å². The maximum absolute atomic E-state index is 13.8. The van der Waals surface area contributed by atoms with E-state index in [1.54, 1.807) is 0 Å². The molecule has 0 radical (unpaired) electrons. The van der Waals surface area contributed by atoms with Gasteiger partial charge in [0.15, 0.2) is 0 Å². The Hall–Kier alpha value is -0.410. The van der Waals surface area contributed by atoms with E-state index in [1.807, 2.05) is 12.2 Å². The van der Waals surface area contributed by atoms with E-state index >= 15 is 0 Å². The number of hydrogen-bond donors (Lipinski definition) is 0. The fraction of sp³-hybridized carbons (Fsp3) is 0.857. The second-order valence-corrected chi connectivity index (χ2v) is 4.57. The molecule has 2 nitrogen and oxygen atoms in total. The number of ether oxygens (including phenoxy) is 2. The van der Waals surface area contributed by atoms with Crippen molar-refractivity contribution in [1.29, 1.82) is 0 Å². The van der Waals surface area contributed by atoms with Crippen LogP contribution in [0.1, 0.15) is 46.0 Å². The molecule has 3 heteroatoms. The zero-order valence-corrected chi connectivity index (χ0v) is 11.0. The lowest BCUT2D eigenvalue weighted by molar-refractivity contribution is -0.0667. The lowest BCUT2D eigenvalue weighted by Gasteiger charge is -2.31. The number of allylic oxidation sites excluding steroid dienone is 1. The first-order valence-electron chi connectivity index (χ1n) is 6.80. The Morgan fingerprint density at radius 3 is 2.65 bits per heavy atom. The average Bonchev–Trinajstić information content (AvgIpc) is 2.34. The molecule has 3 atom stereocenters. The van der Waals surface area contributed by atoms with Crippen LogP contribution in [0, 0.1) is 0 Å². The first-order chi connectivity index (χ1) is 8.27. The second kappa shape index (κ2) is 8.65. The summed E-state index contributed by atoms with van der Waals surface area (Å²) in [5, 5.41) is 0. The zero-order chi connectivity index (χ0) is 12.5. The largest absolute Gasteiger partial charge is 0.378 e. The number of halogens is 1. The fourth-order valence-electron chi connectivity index (χ4n) is 2.09. The van der Waals surface area contributed by atoms with Crippen molar-refractivity contribution in [2.75, 3.05) is 13.2 Å². The van der Waals surface area contributed by atoms with Gasteiger partial charge in [0.05, 0.1) is 18.8 Å². The average molecular weight is 244 g/mol. The quantitative estimate of drug-likeness (QED) is 0.636. The smallest absolute Gasteiger partial charge is 0.129 e. The summed E-state index contributed by atoms with van der Waals surface area (Å²) in [5.74, 6) is 0. The highest BCUT2D eigenvalue weighted by molar-refractivity contribution is 4.84. The summed E-state index contributed by atoms with van der Waals surface area (Å²) in [6.07, 6.45) is 7.17. The molecule has 0 heterocycles. The van der Waals surface area contributed by atoms with Crippen molar-refractivity contribution < 1.29 is 13.9 Å². The zero-order valence-electron chi connectivity index (χ0n) is 11.0. The lowest BCUT2D eigenvalue weighted by Crippen LogP contribution is -2.36. The fourth-order valence-corrected chi connectivity index (χ4v) is 2.09. The van der Waals surface area contributed by atoms with Gasteiger partial charge in [0, 0.05) is 13.0 Å². The van der Waals surface area contributed by atoms with Crippen LogP contribution in [-0.2, 0) is 9.47 Å². The lowest BCUT2D eigenvalue weighted by atomic mass is 9.93. The van der Waals surface area contributed by atoms with Crippen molar-refractivity contribution >= 4 is 0 Å². The molecule has 0 saturated heterocycles. The van der Waals surface area contributed by atoms with Gasteiger partial charge in [-0.1, -0.05) is 26.0 Å². The minimum atomic E-state index is -0.874. The molecule has 1 rings (SSSR count). The molecule has 0 N–H and O–H groups in total. The highest BCUT2D eigenvalue weighted by Gasteiger charge is 2.31. The SMILES string of the molecule is CCC=CCOC1CCC(OCCC)CC1F. The monoisotopic (exact) mass is 244 g/mol. The van der Waals surface area contributed by atoms with Crippen LogP contribution < -0.4 is 0 Å². The van der Waals surface area contributed by atoms with E-state index in [9.17, 15) is 4.39 Å². The summed E-state index contributed by atoms with van der Waals surface area (Å²) in [6, 6.07) is 0. The van der Waals surface area contributed by atoms with E-state index in [1.165, 1.54) is 0 Å². The maximum atomic E-state index is 13.8. The molecule has 3 unspecified atom stereocenters. The van der Waals surface area contributed by atoms with Gasteiger partial charge < -0.3 is 9.47 Å². The van der Waals surface area contributed by atoms with E-state index in [-0.39, 0.29) is 12.2 Å². The molecule has 1 fully saturated rings. The van der Waals surface area contributed by atoms with Gasteiger partial charge in [0.25, 0.3) is 0 Å². The van der Waals surface area contributed by atoms with Crippen LogP contribution >= 0.6 is 0 Å². The standard InChI is InChI=1S/C14H25FO2/c1-3-5-6-10-17-14-8-7-12(11-13(14)15)16-9-4-2/h5-6,12-14H,3-4,7-11H2,1-2H3. The minimum absolute atomic E-state index is 0.0935. The van der Waals surface area contributed by atoms with Gasteiger partial charge in [-0.15, -0.1) is 0 Å². The first-order valence-corrected chi connectivity index (χ1v) is 6.80. The van der Waals surface area contributed by atoms with Crippen LogP contribution in [0.5, 0.6) is 0 Å². The van der Waals surface area contributed by atoms with E-state index < -0.39 is 6.17 Å². The summed E-state index contributed by atoms with van der Waals surface area (Å²) in [6.45, 7) is 5.41. The van der Waals surface area contributed by atoms with Crippen molar-refractivity contribution in [1.82, 2.24) is 0 Å². The highest BCUT2D eigenvalue weighted by atomic mass is 19.1. The molecule has 1 aliphatic carbocycles. The highest BCUT2D eigenvalue weighted by Crippen LogP contribution is 2.26. The van der Waals surface area contributed by atoms with E-state index in [4.69, 9.17) is 9.47 Å². The molecule has 1 saturated carbocycles. The summed E-state index contributed by atoms with van der Waals surface area (Å²) in [4.78, 5) is 0. The molecule has 0 aromatic carbocycles. The van der Waals surface area contributed by atoms with Gasteiger partial charge in [-0.25, -0.2) is 4.39 Å². The summed E-state index contributed by atoms with van der Waals surface area (Å²) >= 11 is 0. The Labute approximate surface area is 104 Å². The number of rotatable bonds is 7. The predicted molar refractivity (Wildman–Crippen MR) is 67.9 cm³/mol. The third-order valence-electron chi connectivity index (χ3n) is 3.03. The van der Waals surface area contributed by atoms with E-state index in [0.29, 0.717) is 13.0 Å². The molecule has 1 aliphatic rings. The van der Waals surface area contributed by atoms with Crippen molar-refractivity contribution in [3.05, 3.63) is 12.2 Å². The van der Waals surface area contributed by atoms with Crippen LogP contribution in [0.25, 0.3) is 0 Å². The third-order valence-corrected chi connectivity index (χ3v) is 3.03. The molecule has 0 amide bonds. The molecule has 0 aromatic rings. The third kappa shape index (κ3) is 5.64. The van der Waals surface area contributed by atoms with E-state index in [2.05, 4.69) is 13.8 Å². The van der Waals surface area contributed by atoms with Crippen molar-refractivity contribution in [3.8, 4) is 0 Å². The van der Waals surface area contributed by atoms with Crippen LogP contribution in [0.2, 0.25) is 0 Å². The summed E-state index contributed by atoms with van der Waals surface area (Å²) in [5.41, 5.74) is 0. The topological polar surface area (TPSA) is 18.5 Å². The van der Waals surface area contributed by atoms with Crippen LogP contribution in [0.15, 0.2) is 12.2 Å². The van der Waals surface area contributed by atoms with Gasteiger partial charge in [-0.3, -0.25) is 0 Å². The molecule has 0 aromatic heterocycles. The normalized spacial score (nSPS) is 29.9. The Kier molecular flexibility index (Phi) is 7.45. The number of alkyl halides is 1. The van der Waals surface area contributed by atoms with Crippen molar-refractivity contribution in [2.45, 2.75) is 64.3 Å². The maximum Gasteiger partial charge on any atom is 0.129 e. The Morgan fingerprint density at radius 2 is 2.00 bits per heavy atom. The van der Waals surface area contributed by atoms with Crippen LogP contribution in [0.4, 0.5) is 4.39 Å². The van der Waals surface area contributed by atoms with Crippen LogP contribution in [0.3, 0.4) is 0 Å². The Balaban J connectivity index is 2.20. The van der Waals surface area contributed by atoms with Gasteiger partial charge in [0.1, 0.15) is 6.17 Å². The van der Waals surface area contributed by atoms with Gasteiger partial charge in [-0.05, 0) is 25.7 Å². The van der Waals surface area contributed by atoms with Gasteiger partial charge >= 0.3 is 0 Å². The summed E-state index contributed by atoms with van der Waals surface area (Å²) < 4.78 is 24.9. The molecular weight excluding hydrogens is 219 g/mol. The predicted octanol–water partition coefficient (Wildman–Crippen LogP) is 3.66. The molecule has 100 valence electrons. The minimum Gasteiger partial charge on any atom is -0.378 e. The first kappa shape index (κ1) is 14.7. The van der Waals surface area contributed by atoms with Crippen LogP contribution in [-0.4, -0.2) is 31.6 Å². The second-order valence-electron chi connectivity index (χ2n) is 4.57. The van der Waals surface area contributed by atoms with Gasteiger partial charge in [0.2, 0.25) is 0 Å². The van der Waals surface area contributed by atoms with Gasteiger partial charge in [-0.2, -0.15) is 0 Å². The number of hydrogen-bond acceptors (Lipinski definition) is 2. The molecular formula is C14H25FO2. The molecule has 17 heavy (non-hydrogen) atoms. The Bertz CT molecular complexity index is 218. The Morgan fingerprint density at radius 1 is 1.18 bits per heavy atom. The van der Waals surface area contributed by atoms with E-state index in [0.717, 1.165) is 32.3 Å². The molecule has 0 aliphatic heterocycles. The molecule has 0 bridgehead atoms. The molecule has 0 spiro atoms. The summed E-state index contributed by atoms with van der Waals surface area (Å²) in [7, 11) is 0. The van der Waals surface area contributed by atoms with Crippen molar-refractivity contribution in [3.63, 3.8) is 0 Å².